The standard InChI is InChI=1S/C24H29FN6/c25-21-12-10-20(11-13-21)23(30-16-14-29(15-17-30)22-8-4-5-9-22)24-26-27-28-31(24)18-19-6-2-1-3-7-19/h1-3,6-7,10-13,22-23H,4-5,8-9,14-18H2/p+2/t23-/m0/s1. The van der Waals surface area contributed by atoms with E-state index in [0.717, 1.165) is 30.5 Å². The van der Waals surface area contributed by atoms with E-state index in [1.165, 1.54) is 49.2 Å². The van der Waals surface area contributed by atoms with Gasteiger partial charge in [-0.05, 0) is 65.9 Å². The number of aromatic nitrogens is 4. The number of rotatable bonds is 6. The highest BCUT2D eigenvalue weighted by Gasteiger charge is 2.38. The molecule has 1 aromatic heterocycles. The molecule has 31 heavy (non-hydrogen) atoms. The Labute approximate surface area is 182 Å². The predicted molar refractivity (Wildman–Crippen MR) is 115 cm³/mol. The Hall–Kier alpha value is -2.64. The fraction of sp³-hybridized carbons (Fsp3) is 0.458. The SMILES string of the molecule is Fc1ccc([C@@H](c2nnnn2Cc2ccccc2)[NH+]2CC[NH+](C3CCCC3)CC2)cc1. The molecule has 2 fully saturated rings. The van der Waals surface area contributed by atoms with Gasteiger partial charge in [-0.1, -0.05) is 30.3 Å². The maximum atomic E-state index is 13.7. The quantitative estimate of drug-likeness (QED) is 0.614. The number of hydrogen-bond acceptors (Lipinski definition) is 3. The van der Waals surface area contributed by atoms with E-state index < -0.39 is 0 Å². The third-order valence-corrected chi connectivity index (χ3v) is 7.07. The van der Waals surface area contributed by atoms with Crippen molar-refractivity contribution < 1.29 is 14.2 Å². The van der Waals surface area contributed by atoms with Gasteiger partial charge in [0, 0.05) is 5.56 Å². The van der Waals surface area contributed by atoms with Crippen LogP contribution in [0.15, 0.2) is 54.6 Å². The Morgan fingerprint density at radius 2 is 1.65 bits per heavy atom. The smallest absolute Gasteiger partial charge is 0.214 e. The molecule has 6 nitrogen and oxygen atoms in total. The van der Waals surface area contributed by atoms with Crippen molar-refractivity contribution in [3.05, 3.63) is 77.4 Å². The van der Waals surface area contributed by atoms with E-state index in [9.17, 15) is 4.39 Å². The highest BCUT2D eigenvalue weighted by Crippen LogP contribution is 2.19. The van der Waals surface area contributed by atoms with Crippen LogP contribution in [0.25, 0.3) is 0 Å². The van der Waals surface area contributed by atoms with Gasteiger partial charge in [-0.25, -0.2) is 9.07 Å². The monoisotopic (exact) mass is 422 g/mol. The molecule has 0 radical (unpaired) electrons. The molecule has 0 spiro atoms. The third-order valence-electron chi connectivity index (χ3n) is 7.07. The first-order valence-electron chi connectivity index (χ1n) is 11.5. The van der Waals surface area contributed by atoms with Crippen molar-refractivity contribution in [3.8, 4) is 0 Å². The van der Waals surface area contributed by atoms with Gasteiger partial charge in [-0.3, -0.25) is 0 Å². The zero-order valence-electron chi connectivity index (χ0n) is 17.9. The fourth-order valence-electron chi connectivity index (χ4n) is 5.43. The molecule has 2 aliphatic rings. The molecule has 0 unspecified atom stereocenters. The summed E-state index contributed by atoms with van der Waals surface area (Å²) in [5.41, 5.74) is 2.24. The summed E-state index contributed by atoms with van der Waals surface area (Å²) in [6, 6.07) is 18.0. The highest BCUT2D eigenvalue weighted by atomic mass is 19.1. The number of hydrogen-bond donors (Lipinski definition) is 2. The highest BCUT2D eigenvalue weighted by molar-refractivity contribution is 5.23. The molecule has 5 rings (SSSR count). The minimum absolute atomic E-state index is 0.00411. The molecule has 2 N–H and O–H groups in total. The molecule has 1 aliphatic carbocycles. The van der Waals surface area contributed by atoms with Crippen molar-refractivity contribution in [2.75, 3.05) is 26.2 Å². The van der Waals surface area contributed by atoms with Gasteiger partial charge in [-0.2, -0.15) is 0 Å². The first-order valence-corrected chi connectivity index (χ1v) is 11.5. The van der Waals surface area contributed by atoms with Crippen LogP contribution in [0.3, 0.4) is 0 Å². The van der Waals surface area contributed by atoms with E-state index in [4.69, 9.17) is 0 Å². The Kier molecular flexibility index (Phi) is 6.04. The van der Waals surface area contributed by atoms with Gasteiger partial charge in [0.15, 0.2) is 6.04 Å². The van der Waals surface area contributed by atoms with Crippen LogP contribution < -0.4 is 9.80 Å². The van der Waals surface area contributed by atoms with Gasteiger partial charge in [0.05, 0.1) is 12.6 Å². The number of nitrogens with zero attached hydrogens (tertiary/aromatic N) is 4. The van der Waals surface area contributed by atoms with E-state index >= 15 is 0 Å². The van der Waals surface area contributed by atoms with Crippen LogP contribution >= 0.6 is 0 Å². The fourth-order valence-corrected chi connectivity index (χ4v) is 5.43. The normalized spacial score (nSPS) is 23.1. The second-order valence-electron chi connectivity index (χ2n) is 8.96. The van der Waals surface area contributed by atoms with E-state index in [1.54, 1.807) is 17.0 Å². The maximum absolute atomic E-state index is 13.7. The van der Waals surface area contributed by atoms with Crippen molar-refractivity contribution in [1.82, 2.24) is 20.2 Å². The van der Waals surface area contributed by atoms with Crippen LogP contribution in [0.2, 0.25) is 0 Å². The van der Waals surface area contributed by atoms with Gasteiger partial charge in [0.1, 0.15) is 32.0 Å². The van der Waals surface area contributed by atoms with Crippen LogP contribution in [0, 0.1) is 5.82 Å². The van der Waals surface area contributed by atoms with Crippen LogP contribution in [-0.4, -0.2) is 52.4 Å². The lowest BCUT2D eigenvalue weighted by molar-refractivity contribution is -1.03. The van der Waals surface area contributed by atoms with Gasteiger partial charge in [-0.15, -0.1) is 5.10 Å². The summed E-state index contributed by atoms with van der Waals surface area (Å²) in [6.45, 7) is 5.14. The summed E-state index contributed by atoms with van der Waals surface area (Å²) in [5, 5.41) is 12.8. The minimum Gasteiger partial charge on any atom is -0.323 e. The summed E-state index contributed by atoms with van der Waals surface area (Å²) >= 11 is 0. The number of benzene rings is 2. The van der Waals surface area contributed by atoms with Gasteiger partial charge >= 0.3 is 0 Å². The molecule has 1 atom stereocenters. The molecule has 7 heteroatoms. The average molecular weight is 423 g/mol. The Bertz CT molecular complexity index is 959. The largest absolute Gasteiger partial charge is 0.323 e. The summed E-state index contributed by atoms with van der Waals surface area (Å²) in [6.07, 6.45) is 5.52. The van der Waals surface area contributed by atoms with Gasteiger partial charge in [0.25, 0.3) is 0 Å². The zero-order valence-corrected chi connectivity index (χ0v) is 17.9. The van der Waals surface area contributed by atoms with Crippen molar-refractivity contribution in [2.45, 2.75) is 44.3 Å². The van der Waals surface area contributed by atoms with Crippen LogP contribution in [0.4, 0.5) is 4.39 Å². The molecular formula is C24H31FN6+2. The Balaban J connectivity index is 1.41. The number of nitrogens with one attached hydrogen (secondary N) is 2. The topological polar surface area (TPSA) is 52.5 Å². The summed E-state index contributed by atoms with van der Waals surface area (Å²) in [7, 11) is 0. The summed E-state index contributed by atoms with van der Waals surface area (Å²) in [5.74, 6) is 0.645. The molecular weight excluding hydrogens is 391 g/mol. The summed E-state index contributed by atoms with van der Waals surface area (Å²) in [4.78, 5) is 3.24. The molecule has 0 bridgehead atoms. The molecule has 1 saturated carbocycles. The van der Waals surface area contributed by atoms with Crippen molar-refractivity contribution in [3.63, 3.8) is 0 Å². The lowest BCUT2D eigenvalue weighted by atomic mass is 10.0. The van der Waals surface area contributed by atoms with Crippen molar-refractivity contribution in [1.29, 1.82) is 0 Å². The first-order chi connectivity index (χ1) is 15.3. The second-order valence-corrected chi connectivity index (χ2v) is 8.96. The van der Waals surface area contributed by atoms with Gasteiger partial charge in [0.2, 0.25) is 5.82 Å². The predicted octanol–water partition coefficient (Wildman–Crippen LogP) is 0.676. The van der Waals surface area contributed by atoms with Gasteiger partial charge < -0.3 is 9.80 Å². The zero-order chi connectivity index (χ0) is 21.0. The minimum atomic E-state index is -0.211. The Morgan fingerprint density at radius 3 is 2.35 bits per heavy atom. The van der Waals surface area contributed by atoms with E-state index in [2.05, 4.69) is 27.7 Å². The Morgan fingerprint density at radius 1 is 0.935 bits per heavy atom. The number of tetrazole rings is 1. The summed E-state index contributed by atoms with van der Waals surface area (Å²) < 4.78 is 15.6. The molecule has 0 amide bonds. The lowest BCUT2D eigenvalue weighted by Gasteiger charge is -2.36. The number of halogens is 1. The molecule has 3 aromatic rings. The maximum Gasteiger partial charge on any atom is 0.214 e. The van der Waals surface area contributed by atoms with Crippen LogP contribution in [-0.2, 0) is 6.54 Å². The van der Waals surface area contributed by atoms with E-state index in [1.807, 2.05) is 35.0 Å². The molecule has 2 heterocycles. The lowest BCUT2D eigenvalue weighted by Crippen LogP contribution is -3.29. The van der Waals surface area contributed by atoms with Crippen LogP contribution in [0.5, 0.6) is 0 Å². The molecule has 162 valence electrons. The van der Waals surface area contributed by atoms with E-state index in [0.29, 0.717) is 6.54 Å². The third kappa shape index (κ3) is 4.52. The first kappa shape index (κ1) is 20.3. The number of quaternary nitrogens is 2. The molecule has 1 aliphatic heterocycles. The average Bonchev–Trinajstić information content (AvgIpc) is 3.50. The molecule has 1 saturated heterocycles. The number of piperazine rings is 1. The van der Waals surface area contributed by atoms with Crippen molar-refractivity contribution in [2.24, 2.45) is 0 Å². The molecule has 2 aromatic carbocycles. The van der Waals surface area contributed by atoms with E-state index in [-0.39, 0.29) is 11.9 Å². The van der Waals surface area contributed by atoms with Crippen molar-refractivity contribution >= 4 is 0 Å². The van der Waals surface area contributed by atoms with Crippen LogP contribution in [0.1, 0.15) is 48.7 Å². The second kappa shape index (κ2) is 9.24.